The highest BCUT2D eigenvalue weighted by Crippen LogP contribution is 2.22. The molecule has 33 heavy (non-hydrogen) atoms. The Morgan fingerprint density at radius 3 is 1.88 bits per heavy atom. The third-order valence-electron chi connectivity index (χ3n) is 4.60. The van der Waals surface area contributed by atoms with Crippen LogP contribution in [0.25, 0.3) is 0 Å². The summed E-state index contributed by atoms with van der Waals surface area (Å²) in [6.07, 6.45) is 0.625. The quantitative estimate of drug-likeness (QED) is 0.112. The molecule has 0 aliphatic carbocycles. The number of ketones is 4. The zero-order valence-corrected chi connectivity index (χ0v) is 19.0. The zero-order chi connectivity index (χ0) is 23.9. The molecule has 1 atom stereocenters. The third-order valence-corrected chi connectivity index (χ3v) is 5.05. The molecule has 8 heteroatoms. The molecule has 1 unspecified atom stereocenters. The average molecular weight is 475 g/mol. The maximum atomic E-state index is 12.1. The van der Waals surface area contributed by atoms with E-state index in [-0.39, 0.29) is 39.3 Å². The summed E-state index contributed by atoms with van der Waals surface area (Å²) in [7, 11) is 0. The first-order chi connectivity index (χ1) is 16.0. The van der Waals surface area contributed by atoms with Gasteiger partial charge in [-0.3, -0.25) is 19.2 Å². The fraction of sp³-hybridized carbons (Fsp3) is 0.360. The number of ether oxygens (including phenoxy) is 1. The molecule has 0 bridgehead atoms. The van der Waals surface area contributed by atoms with Crippen molar-refractivity contribution in [3.63, 3.8) is 0 Å². The van der Waals surface area contributed by atoms with Crippen LogP contribution in [0, 0.1) is 0 Å². The number of Topliss-reactive ketones (excluding diaryl/α,β-unsaturated/α-hetero) is 4. The molecule has 0 fully saturated rings. The molecule has 0 radical (unpaired) electrons. The molecule has 0 aliphatic heterocycles. The summed E-state index contributed by atoms with van der Waals surface area (Å²) >= 11 is 6.07. The summed E-state index contributed by atoms with van der Waals surface area (Å²) in [5.41, 5.74) is 1.50. The van der Waals surface area contributed by atoms with Crippen LogP contribution >= 0.6 is 11.6 Å². The normalized spacial score (nSPS) is 11.7. The summed E-state index contributed by atoms with van der Waals surface area (Å²) < 4.78 is 5.26. The van der Waals surface area contributed by atoms with Gasteiger partial charge in [-0.25, -0.2) is 9.78 Å². The number of hydrogen-bond acceptors (Lipinski definition) is 7. The average Bonchev–Trinajstić information content (AvgIpc) is 2.85. The van der Waals surface area contributed by atoms with Crippen molar-refractivity contribution in [2.75, 3.05) is 19.8 Å². The van der Waals surface area contributed by atoms with E-state index in [1.54, 1.807) is 30.3 Å². The molecule has 0 N–H and O–H groups in total. The minimum absolute atomic E-state index is 0.00574. The molecule has 0 saturated heterocycles. The van der Waals surface area contributed by atoms with Crippen LogP contribution in [0.1, 0.15) is 42.2 Å². The molecular formula is C25H27ClO7. The van der Waals surface area contributed by atoms with Crippen molar-refractivity contribution in [1.82, 2.24) is 0 Å². The van der Waals surface area contributed by atoms with E-state index in [4.69, 9.17) is 26.1 Å². The van der Waals surface area contributed by atoms with Crippen LogP contribution in [-0.2, 0) is 40.3 Å². The van der Waals surface area contributed by atoms with Gasteiger partial charge in [-0.05, 0) is 24.0 Å². The van der Waals surface area contributed by atoms with Crippen LogP contribution in [0.5, 0.6) is 0 Å². The van der Waals surface area contributed by atoms with Crippen molar-refractivity contribution in [3.05, 3.63) is 71.8 Å². The minimum Gasteiger partial charge on any atom is -0.368 e. The van der Waals surface area contributed by atoms with Crippen molar-refractivity contribution in [2.45, 2.75) is 37.7 Å². The summed E-state index contributed by atoms with van der Waals surface area (Å²) in [5.74, 6) is -2.33. The van der Waals surface area contributed by atoms with E-state index in [0.29, 0.717) is 18.4 Å². The highest BCUT2D eigenvalue weighted by Gasteiger charge is 2.24. The molecule has 0 aliphatic rings. The van der Waals surface area contributed by atoms with Crippen LogP contribution in [0.15, 0.2) is 60.7 Å². The standard InChI is InChI=1S/C25H27ClO7/c26-24(20-11-5-2-6-12-20)25(30)22(28)14-8-16-33-32-15-7-13-21(27)23(29)18-31-17-19-9-3-1-4-10-19/h1-6,9-12,24H,7-8,13-18H2. The van der Waals surface area contributed by atoms with Crippen LogP contribution in [0.2, 0.25) is 0 Å². The largest absolute Gasteiger partial charge is 0.368 e. The van der Waals surface area contributed by atoms with Gasteiger partial charge in [0.05, 0.1) is 19.8 Å². The monoisotopic (exact) mass is 474 g/mol. The smallest absolute Gasteiger partial charge is 0.223 e. The lowest BCUT2D eigenvalue weighted by atomic mass is 10.0. The Hall–Kier alpha value is -2.71. The molecule has 0 spiro atoms. The predicted molar refractivity (Wildman–Crippen MR) is 122 cm³/mol. The number of carbonyl (C=O) groups is 4. The van der Waals surface area contributed by atoms with Gasteiger partial charge in [0.1, 0.15) is 12.0 Å². The van der Waals surface area contributed by atoms with Crippen LogP contribution < -0.4 is 0 Å². The van der Waals surface area contributed by atoms with Crippen molar-refractivity contribution in [3.8, 4) is 0 Å². The molecule has 0 heterocycles. The number of hydrogen-bond donors (Lipinski definition) is 0. The molecule has 2 rings (SSSR count). The van der Waals surface area contributed by atoms with Gasteiger partial charge < -0.3 is 4.74 Å². The molecule has 2 aromatic rings. The van der Waals surface area contributed by atoms with Gasteiger partial charge >= 0.3 is 0 Å². The lowest BCUT2D eigenvalue weighted by Crippen LogP contribution is -2.20. The Labute approximate surface area is 197 Å². The van der Waals surface area contributed by atoms with Gasteiger partial charge in [0, 0.05) is 12.8 Å². The predicted octanol–water partition coefficient (Wildman–Crippen LogP) is 3.97. The van der Waals surface area contributed by atoms with E-state index < -0.39 is 28.5 Å². The maximum Gasteiger partial charge on any atom is 0.223 e. The van der Waals surface area contributed by atoms with Crippen molar-refractivity contribution >= 4 is 34.7 Å². The van der Waals surface area contributed by atoms with E-state index in [1.807, 2.05) is 30.3 Å². The minimum atomic E-state index is -1.00. The third kappa shape index (κ3) is 10.2. The summed E-state index contributed by atoms with van der Waals surface area (Å²) in [6.45, 7) is 0.236. The van der Waals surface area contributed by atoms with Gasteiger partial charge in [0.2, 0.25) is 17.3 Å². The van der Waals surface area contributed by atoms with E-state index in [1.165, 1.54) is 0 Å². The van der Waals surface area contributed by atoms with Gasteiger partial charge in [-0.2, -0.15) is 0 Å². The number of benzene rings is 2. The number of rotatable bonds is 17. The molecule has 176 valence electrons. The molecular weight excluding hydrogens is 448 g/mol. The molecule has 7 nitrogen and oxygen atoms in total. The summed E-state index contributed by atoms with van der Waals surface area (Å²) in [5, 5.41) is -1.00. The molecule has 0 saturated carbocycles. The second-order valence-corrected chi connectivity index (χ2v) is 7.67. The first kappa shape index (κ1) is 26.5. The van der Waals surface area contributed by atoms with Crippen molar-refractivity contribution in [1.29, 1.82) is 0 Å². The van der Waals surface area contributed by atoms with Crippen LogP contribution in [-0.4, -0.2) is 43.0 Å². The summed E-state index contributed by atoms with van der Waals surface area (Å²) in [6, 6.07) is 18.0. The Kier molecular flexibility index (Phi) is 12.2. The van der Waals surface area contributed by atoms with Crippen molar-refractivity contribution in [2.24, 2.45) is 0 Å². The molecule has 0 aromatic heterocycles. The fourth-order valence-electron chi connectivity index (χ4n) is 2.79. The Morgan fingerprint density at radius 1 is 0.727 bits per heavy atom. The van der Waals surface area contributed by atoms with Crippen LogP contribution in [0.3, 0.4) is 0 Å². The van der Waals surface area contributed by atoms with Crippen molar-refractivity contribution < 1.29 is 33.7 Å². The molecule has 2 aromatic carbocycles. The second-order valence-electron chi connectivity index (χ2n) is 7.24. The summed E-state index contributed by atoms with van der Waals surface area (Å²) in [4.78, 5) is 57.5. The first-order valence-electron chi connectivity index (χ1n) is 10.7. The lowest BCUT2D eigenvalue weighted by Gasteiger charge is -2.08. The van der Waals surface area contributed by atoms with Gasteiger partial charge in [0.15, 0.2) is 5.78 Å². The SMILES string of the molecule is O=C(CCCOOCCCC(=O)C(=O)C(Cl)c1ccccc1)C(=O)COCc1ccccc1. The van der Waals surface area contributed by atoms with E-state index in [2.05, 4.69) is 0 Å². The Balaban J connectivity index is 1.48. The maximum absolute atomic E-state index is 12.1. The highest BCUT2D eigenvalue weighted by molar-refractivity contribution is 6.49. The number of halogens is 1. The fourth-order valence-corrected chi connectivity index (χ4v) is 3.06. The van der Waals surface area contributed by atoms with Gasteiger partial charge in [0.25, 0.3) is 0 Å². The number of carbonyl (C=O) groups excluding carboxylic acids is 4. The highest BCUT2D eigenvalue weighted by atomic mass is 35.5. The Bertz CT molecular complexity index is 899. The van der Waals surface area contributed by atoms with Crippen LogP contribution in [0.4, 0.5) is 0 Å². The van der Waals surface area contributed by atoms with Gasteiger partial charge in [-0.15, -0.1) is 11.6 Å². The first-order valence-corrected chi connectivity index (χ1v) is 11.1. The Morgan fingerprint density at radius 2 is 1.27 bits per heavy atom. The lowest BCUT2D eigenvalue weighted by molar-refractivity contribution is -0.294. The van der Waals surface area contributed by atoms with E-state index in [9.17, 15) is 19.2 Å². The van der Waals surface area contributed by atoms with E-state index >= 15 is 0 Å². The number of alkyl halides is 1. The van der Waals surface area contributed by atoms with Gasteiger partial charge in [-0.1, -0.05) is 60.7 Å². The zero-order valence-electron chi connectivity index (χ0n) is 18.2. The van der Waals surface area contributed by atoms with E-state index in [0.717, 1.165) is 5.56 Å². The topological polar surface area (TPSA) is 96.0 Å². The second kappa shape index (κ2) is 15.2. The molecule has 0 amide bonds.